The number of halogens is 2. The van der Waals surface area contributed by atoms with Crippen molar-refractivity contribution in [2.75, 3.05) is 33.1 Å². The van der Waals surface area contributed by atoms with Crippen LogP contribution in [-0.4, -0.2) is 41.9 Å². The summed E-state index contributed by atoms with van der Waals surface area (Å²) >= 11 is 0. The monoisotopic (exact) mass is 310 g/mol. The van der Waals surface area contributed by atoms with Crippen molar-refractivity contribution in [2.24, 2.45) is 0 Å². The lowest BCUT2D eigenvalue weighted by atomic mass is 10.3. The third kappa shape index (κ3) is 4.10. The predicted octanol–water partition coefficient (Wildman–Crippen LogP) is 0.487. The Labute approximate surface area is 115 Å². The van der Waals surface area contributed by atoms with Gasteiger partial charge in [0, 0.05) is 26.8 Å². The fourth-order valence-electron chi connectivity index (χ4n) is 1.43. The minimum atomic E-state index is -4.16. The van der Waals surface area contributed by atoms with Gasteiger partial charge in [-0.05, 0) is 6.07 Å². The van der Waals surface area contributed by atoms with Crippen LogP contribution in [-0.2, 0) is 19.5 Å². The number of rotatable bonds is 7. The van der Waals surface area contributed by atoms with E-state index in [9.17, 15) is 17.2 Å². The summed E-state index contributed by atoms with van der Waals surface area (Å²) in [4.78, 5) is -0.719. The molecule has 0 spiro atoms. The Morgan fingerprint density at radius 1 is 1.30 bits per heavy atom. The molecular formula is C11H16F2N2O4S. The molecule has 0 aliphatic rings. The van der Waals surface area contributed by atoms with Gasteiger partial charge in [-0.1, -0.05) is 0 Å². The van der Waals surface area contributed by atoms with Crippen LogP contribution in [0.2, 0.25) is 0 Å². The summed E-state index contributed by atoms with van der Waals surface area (Å²) in [5, 5.41) is 0. The first-order valence-corrected chi connectivity index (χ1v) is 7.06. The normalized spacial score (nSPS) is 13.4. The van der Waals surface area contributed by atoms with E-state index in [0.717, 1.165) is 6.07 Å². The van der Waals surface area contributed by atoms with Crippen molar-refractivity contribution in [1.29, 1.82) is 0 Å². The van der Waals surface area contributed by atoms with Gasteiger partial charge in [0.25, 0.3) is 0 Å². The third-order valence-electron chi connectivity index (χ3n) is 2.53. The van der Waals surface area contributed by atoms with E-state index in [2.05, 4.69) is 4.72 Å². The minimum absolute atomic E-state index is 0.122. The van der Waals surface area contributed by atoms with Gasteiger partial charge < -0.3 is 15.2 Å². The van der Waals surface area contributed by atoms with Crippen LogP contribution < -0.4 is 10.5 Å². The van der Waals surface area contributed by atoms with Gasteiger partial charge in [0.2, 0.25) is 10.0 Å². The van der Waals surface area contributed by atoms with Gasteiger partial charge in [-0.25, -0.2) is 21.9 Å². The lowest BCUT2D eigenvalue weighted by Gasteiger charge is -2.15. The zero-order valence-corrected chi connectivity index (χ0v) is 11.8. The molecule has 20 heavy (non-hydrogen) atoms. The average Bonchev–Trinajstić information content (AvgIpc) is 2.38. The van der Waals surface area contributed by atoms with Gasteiger partial charge in [-0.3, -0.25) is 0 Å². The summed E-state index contributed by atoms with van der Waals surface area (Å²) in [6, 6.07) is 1.15. The molecule has 1 aromatic carbocycles. The van der Waals surface area contributed by atoms with Crippen molar-refractivity contribution >= 4 is 15.7 Å². The van der Waals surface area contributed by atoms with E-state index >= 15 is 0 Å². The van der Waals surface area contributed by atoms with Gasteiger partial charge in [-0.15, -0.1) is 0 Å². The number of nitrogens with two attached hydrogens (primary N) is 1. The largest absolute Gasteiger partial charge is 0.396 e. The molecular weight excluding hydrogens is 294 g/mol. The molecule has 114 valence electrons. The van der Waals surface area contributed by atoms with Gasteiger partial charge in [0.15, 0.2) is 0 Å². The molecule has 0 amide bonds. The number of anilines is 1. The highest BCUT2D eigenvalue weighted by Gasteiger charge is 2.22. The average molecular weight is 310 g/mol. The zero-order valence-electron chi connectivity index (χ0n) is 11.0. The van der Waals surface area contributed by atoms with Gasteiger partial charge in [0.05, 0.1) is 18.4 Å². The van der Waals surface area contributed by atoms with Gasteiger partial charge in [0.1, 0.15) is 16.5 Å². The van der Waals surface area contributed by atoms with Gasteiger partial charge in [-0.2, -0.15) is 0 Å². The molecule has 3 N–H and O–H groups in total. The highest BCUT2D eigenvalue weighted by atomic mass is 32.2. The third-order valence-corrected chi connectivity index (χ3v) is 3.97. The molecule has 0 saturated carbocycles. The molecule has 0 heterocycles. The number of hydrogen-bond acceptors (Lipinski definition) is 5. The first-order valence-electron chi connectivity index (χ1n) is 5.57. The summed E-state index contributed by atoms with van der Waals surface area (Å²) < 4.78 is 62.3. The Hall–Kier alpha value is -1.29. The highest BCUT2D eigenvalue weighted by molar-refractivity contribution is 7.89. The smallest absolute Gasteiger partial charge is 0.243 e. The highest BCUT2D eigenvalue weighted by Crippen LogP contribution is 2.20. The Morgan fingerprint density at radius 2 is 1.95 bits per heavy atom. The maximum absolute atomic E-state index is 13.5. The van der Waals surface area contributed by atoms with E-state index in [1.807, 2.05) is 0 Å². The predicted molar refractivity (Wildman–Crippen MR) is 68.6 cm³/mol. The molecule has 1 unspecified atom stereocenters. The SMILES string of the molecule is COCC(CNS(=O)(=O)c1cc(N)c(F)cc1F)OC. The number of nitrogens with one attached hydrogen (secondary N) is 1. The molecule has 9 heteroatoms. The van der Waals surface area contributed by atoms with Crippen LogP contribution in [0.15, 0.2) is 17.0 Å². The second kappa shape index (κ2) is 6.93. The molecule has 0 aromatic heterocycles. The minimum Gasteiger partial charge on any atom is -0.396 e. The molecule has 1 atom stereocenters. The van der Waals surface area contributed by atoms with E-state index in [1.165, 1.54) is 14.2 Å². The van der Waals surface area contributed by atoms with E-state index in [4.69, 9.17) is 15.2 Å². The van der Waals surface area contributed by atoms with Crippen LogP contribution in [0, 0.1) is 11.6 Å². The fraction of sp³-hybridized carbons (Fsp3) is 0.455. The molecule has 0 fully saturated rings. The Morgan fingerprint density at radius 3 is 2.50 bits per heavy atom. The van der Waals surface area contributed by atoms with Crippen molar-refractivity contribution in [3.63, 3.8) is 0 Å². The molecule has 0 bridgehead atoms. The molecule has 0 aliphatic heterocycles. The standard InChI is InChI=1S/C11H16F2N2O4S/c1-18-6-7(19-2)5-15-20(16,17)11-4-10(14)8(12)3-9(11)13/h3-4,7,15H,5-6,14H2,1-2H3. The maximum atomic E-state index is 13.5. The Balaban J connectivity index is 2.92. The molecule has 6 nitrogen and oxygen atoms in total. The van der Waals surface area contributed by atoms with E-state index in [-0.39, 0.29) is 13.2 Å². The molecule has 0 radical (unpaired) electrons. The molecule has 0 aliphatic carbocycles. The van der Waals surface area contributed by atoms with Crippen LogP contribution >= 0.6 is 0 Å². The van der Waals surface area contributed by atoms with Crippen LogP contribution in [0.25, 0.3) is 0 Å². The fourth-order valence-corrected chi connectivity index (χ4v) is 2.59. The van der Waals surface area contributed by atoms with E-state index in [0.29, 0.717) is 6.07 Å². The van der Waals surface area contributed by atoms with Crippen molar-refractivity contribution in [3.8, 4) is 0 Å². The second-order valence-electron chi connectivity index (χ2n) is 3.97. The van der Waals surface area contributed by atoms with E-state index in [1.54, 1.807) is 0 Å². The summed E-state index contributed by atoms with van der Waals surface area (Å²) in [7, 11) is -1.35. The van der Waals surface area contributed by atoms with Crippen LogP contribution in [0.1, 0.15) is 0 Å². The summed E-state index contributed by atoms with van der Waals surface area (Å²) in [6.07, 6.45) is -0.532. The topological polar surface area (TPSA) is 90.7 Å². The first-order chi connectivity index (χ1) is 9.31. The number of benzene rings is 1. The lowest BCUT2D eigenvalue weighted by Crippen LogP contribution is -2.36. The van der Waals surface area contributed by atoms with Crippen molar-refractivity contribution in [3.05, 3.63) is 23.8 Å². The van der Waals surface area contributed by atoms with Crippen molar-refractivity contribution in [1.82, 2.24) is 4.72 Å². The summed E-state index contributed by atoms with van der Waals surface area (Å²) in [5.74, 6) is -2.24. The van der Waals surface area contributed by atoms with Crippen molar-refractivity contribution in [2.45, 2.75) is 11.0 Å². The number of ether oxygens (including phenoxy) is 2. The number of nitrogen functional groups attached to an aromatic ring is 1. The number of hydrogen-bond donors (Lipinski definition) is 2. The molecule has 1 rings (SSSR count). The summed E-state index contributed by atoms with van der Waals surface area (Å²) in [5.41, 5.74) is 4.79. The zero-order chi connectivity index (χ0) is 15.3. The lowest BCUT2D eigenvalue weighted by molar-refractivity contribution is 0.0320. The summed E-state index contributed by atoms with van der Waals surface area (Å²) in [6.45, 7) is 0.0381. The maximum Gasteiger partial charge on any atom is 0.243 e. The second-order valence-corrected chi connectivity index (χ2v) is 5.70. The molecule has 0 saturated heterocycles. The van der Waals surface area contributed by atoms with Crippen LogP contribution in [0.5, 0.6) is 0 Å². The van der Waals surface area contributed by atoms with Crippen LogP contribution in [0.3, 0.4) is 0 Å². The number of sulfonamides is 1. The quantitative estimate of drug-likeness (QED) is 0.715. The van der Waals surface area contributed by atoms with Crippen molar-refractivity contribution < 1.29 is 26.7 Å². The molecule has 1 aromatic rings. The first kappa shape index (κ1) is 16.8. The number of methoxy groups -OCH3 is 2. The van der Waals surface area contributed by atoms with Gasteiger partial charge >= 0.3 is 0 Å². The van der Waals surface area contributed by atoms with Crippen LogP contribution in [0.4, 0.5) is 14.5 Å². The Bertz CT molecular complexity index is 566. The van der Waals surface area contributed by atoms with E-state index < -0.39 is 38.3 Å². The Kier molecular flexibility index (Phi) is 5.81.